The molecule has 0 bridgehead atoms. The van der Waals surface area contributed by atoms with Crippen LogP contribution in [0.1, 0.15) is 24.3 Å². The third-order valence-corrected chi connectivity index (χ3v) is 6.66. The number of ether oxygens (including phenoxy) is 1. The van der Waals surface area contributed by atoms with Crippen molar-refractivity contribution < 1.29 is 9.84 Å². The molecule has 0 aliphatic carbocycles. The van der Waals surface area contributed by atoms with Crippen molar-refractivity contribution in [3.8, 4) is 17.1 Å². The van der Waals surface area contributed by atoms with E-state index in [-0.39, 0.29) is 11.4 Å². The SMILES string of the molecule is CC1(C)Cc2c(sc3ncn4nc(-c5ccc6ccccc6c5O)nc4c23)CO1. The highest BCUT2D eigenvalue weighted by atomic mass is 32.1. The van der Waals surface area contributed by atoms with Gasteiger partial charge >= 0.3 is 0 Å². The lowest BCUT2D eigenvalue weighted by molar-refractivity contribution is -0.0379. The third kappa shape index (κ3) is 2.47. The van der Waals surface area contributed by atoms with E-state index in [9.17, 15) is 5.11 Å². The molecule has 5 aromatic rings. The van der Waals surface area contributed by atoms with Gasteiger partial charge in [-0.1, -0.05) is 30.3 Å². The molecular formula is C22H18N4O2S. The molecule has 0 saturated carbocycles. The number of aromatic nitrogens is 4. The van der Waals surface area contributed by atoms with Gasteiger partial charge < -0.3 is 9.84 Å². The molecule has 0 radical (unpaired) electrons. The minimum absolute atomic E-state index is 0.199. The molecule has 1 N–H and O–H groups in total. The zero-order chi connectivity index (χ0) is 19.8. The van der Waals surface area contributed by atoms with Gasteiger partial charge in [0.2, 0.25) is 0 Å². The fourth-order valence-corrected chi connectivity index (χ4v) is 5.16. The summed E-state index contributed by atoms with van der Waals surface area (Å²) in [5, 5.41) is 18.3. The zero-order valence-electron chi connectivity index (χ0n) is 16.0. The van der Waals surface area contributed by atoms with E-state index in [1.807, 2.05) is 36.4 Å². The van der Waals surface area contributed by atoms with Crippen molar-refractivity contribution in [1.82, 2.24) is 19.6 Å². The van der Waals surface area contributed by atoms with Crippen molar-refractivity contribution in [1.29, 1.82) is 0 Å². The van der Waals surface area contributed by atoms with Crippen LogP contribution in [-0.4, -0.2) is 30.3 Å². The molecular weight excluding hydrogens is 384 g/mol. The van der Waals surface area contributed by atoms with E-state index in [2.05, 4.69) is 23.9 Å². The van der Waals surface area contributed by atoms with Crippen LogP contribution in [0.3, 0.4) is 0 Å². The molecule has 0 spiro atoms. The number of benzene rings is 2. The van der Waals surface area contributed by atoms with Crippen molar-refractivity contribution in [3.05, 3.63) is 53.2 Å². The maximum Gasteiger partial charge on any atom is 0.185 e. The third-order valence-electron chi connectivity index (χ3n) is 5.55. The maximum absolute atomic E-state index is 10.8. The lowest BCUT2D eigenvalue weighted by atomic mass is 9.94. The number of phenolic OH excluding ortho intramolecular Hbond substituents is 1. The van der Waals surface area contributed by atoms with Crippen LogP contribution in [0.2, 0.25) is 0 Å². The minimum Gasteiger partial charge on any atom is -0.507 e. The molecule has 29 heavy (non-hydrogen) atoms. The summed E-state index contributed by atoms with van der Waals surface area (Å²) in [5.41, 5.74) is 2.43. The van der Waals surface area contributed by atoms with E-state index in [1.54, 1.807) is 22.2 Å². The molecule has 0 saturated heterocycles. The van der Waals surface area contributed by atoms with Gasteiger partial charge in [-0.25, -0.2) is 14.5 Å². The van der Waals surface area contributed by atoms with E-state index in [4.69, 9.17) is 9.72 Å². The Bertz CT molecular complexity index is 1430. The Labute approximate surface area is 170 Å². The standard InChI is InChI=1S/C22H18N4O2S/c1-22(2)9-15-16(10-28-22)29-21-17(15)20-24-19(25-26(20)11-23-21)14-8-7-12-5-3-4-6-13(12)18(14)27/h3-8,11,27H,9-10H2,1-2H3. The number of rotatable bonds is 1. The molecule has 7 heteroatoms. The number of hydrogen-bond acceptors (Lipinski definition) is 6. The lowest BCUT2D eigenvalue weighted by Gasteiger charge is -2.30. The van der Waals surface area contributed by atoms with Gasteiger partial charge in [0.25, 0.3) is 0 Å². The van der Waals surface area contributed by atoms with Crippen molar-refractivity contribution in [2.45, 2.75) is 32.5 Å². The number of thiophene rings is 1. The summed E-state index contributed by atoms with van der Waals surface area (Å²) in [6.45, 7) is 4.81. The molecule has 6 rings (SSSR count). The Morgan fingerprint density at radius 3 is 2.93 bits per heavy atom. The van der Waals surface area contributed by atoms with Gasteiger partial charge in [0, 0.05) is 16.7 Å². The predicted octanol–water partition coefficient (Wildman–Crippen LogP) is 4.72. The maximum atomic E-state index is 10.8. The summed E-state index contributed by atoms with van der Waals surface area (Å²) in [6.07, 6.45) is 2.51. The lowest BCUT2D eigenvalue weighted by Crippen LogP contribution is -2.31. The first-order valence-electron chi connectivity index (χ1n) is 9.51. The van der Waals surface area contributed by atoms with Crippen LogP contribution in [0, 0.1) is 0 Å². The fourth-order valence-electron chi connectivity index (χ4n) is 4.09. The Balaban J connectivity index is 1.60. The van der Waals surface area contributed by atoms with Crippen LogP contribution in [-0.2, 0) is 17.8 Å². The largest absolute Gasteiger partial charge is 0.507 e. The van der Waals surface area contributed by atoms with Crippen molar-refractivity contribution in [2.75, 3.05) is 0 Å². The molecule has 0 unspecified atom stereocenters. The second-order valence-electron chi connectivity index (χ2n) is 8.04. The van der Waals surface area contributed by atoms with Crippen LogP contribution in [0.5, 0.6) is 5.75 Å². The van der Waals surface area contributed by atoms with E-state index >= 15 is 0 Å². The second-order valence-corrected chi connectivity index (χ2v) is 9.12. The van der Waals surface area contributed by atoms with Crippen LogP contribution < -0.4 is 0 Å². The Morgan fingerprint density at radius 1 is 1.17 bits per heavy atom. The molecule has 0 atom stereocenters. The van der Waals surface area contributed by atoms with Gasteiger partial charge in [0.1, 0.15) is 16.9 Å². The van der Waals surface area contributed by atoms with Crippen LogP contribution in [0.4, 0.5) is 0 Å². The van der Waals surface area contributed by atoms with E-state index in [0.717, 1.165) is 33.1 Å². The second kappa shape index (κ2) is 5.75. The number of phenols is 1. The van der Waals surface area contributed by atoms with Gasteiger partial charge in [-0.15, -0.1) is 16.4 Å². The van der Waals surface area contributed by atoms with Gasteiger partial charge in [-0.2, -0.15) is 0 Å². The van der Waals surface area contributed by atoms with E-state index < -0.39 is 0 Å². The zero-order valence-corrected chi connectivity index (χ0v) is 16.8. The first-order chi connectivity index (χ1) is 14.0. The van der Waals surface area contributed by atoms with E-state index in [0.29, 0.717) is 18.0 Å². The van der Waals surface area contributed by atoms with Gasteiger partial charge in [-0.05, 0) is 30.9 Å². The quantitative estimate of drug-likeness (QED) is 0.439. The summed E-state index contributed by atoms with van der Waals surface area (Å²) in [4.78, 5) is 11.6. The smallest absolute Gasteiger partial charge is 0.185 e. The summed E-state index contributed by atoms with van der Waals surface area (Å²) < 4.78 is 7.68. The van der Waals surface area contributed by atoms with Gasteiger partial charge in [0.15, 0.2) is 11.5 Å². The Kier molecular flexibility index (Phi) is 3.34. The number of nitrogens with zero attached hydrogens (tertiary/aromatic N) is 4. The highest BCUT2D eigenvalue weighted by Gasteiger charge is 2.31. The van der Waals surface area contributed by atoms with Crippen molar-refractivity contribution in [2.24, 2.45) is 0 Å². The molecule has 6 nitrogen and oxygen atoms in total. The summed E-state index contributed by atoms with van der Waals surface area (Å²) in [7, 11) is 0. The molecule has 1 aliphatic rings. The normalized spacial score (nSPS) is 15.9. The summed E-state index contributed by atoms with van der Waals surface area (Å²) in [6, 6.07) is 11.6. The Hall–Kier alpha value is -3.03. The molecule has 1 aliphatic heterocycles. The average molecular weight is 402 g/mol. The molecule has 0 fully saturated rings. The van der Waals surface area contributed by atoms with Crippen molar-refractivity contribution in [3.63, 3.8) is 0 Å². The van der Waals surface area contributed by atoms with Crippen LogP contribution in [0.15, 0.2) is 42.7 Å². The molecule has 3 aromatic heterocycles. The topological polar surface area (TPSA) is 72.5 Å². The molecule has 144 valence electrons. The molecule has 2 aromatic carbocycles. The minimum atomic E-state index is -0.215. The van der Waals surface area contributed by atoms with E-state index in [1.165, 1.54) is 10.4 Å². The fraction of sp³-hybridized carbons (Fsp3) is 0.227. The monoisotopic (exact) mass is 402 g/mol. The van der Waals surface area contributed by atoms with Crippen LogP contribution in [0.25, 0.3) is 38.0 Å². The average Bonchev–Trinajstić information content (AvgIpc) is 3.28. The molecule has 0 amide bonds. The van der Waals surface area contributed by atoms with Crippen LogP contribution >= 0.6 is 11.3 Å². The summed E-state index contributed by atoms with van der Waals surface area (Å²) in [5.74, 6) is 0.693. The number of hydrogen-bond donors (Lipinski definition) is 1. The predicted molar refractivity (Wildman–Crippen MR) is 113 cm³/mol. The van der Waals surface area contributed by atoms with Crippen molar-refractivity contribution >= 4 is 38.0 Å². The highest BCUT2D eigenvalue weighted by molar-refractivity contribution is 7.19. The number of aromatic hydroxyl groups is 1. The first kappa shape index (κ1) is 16.9. The first-order valence-corrected chi connectivity index (χ1v) is 10.3. The number of fused-ring (bicyclic) bond motifs is 6. The van der Waals surface area contributed by atoms with Gasteiger partial charge in [0.05, 0.1) is 23.2 Å². The molecule has 4 heterocycles. The summed E-state index contributed by atoms with van der Waals surface area (Å²) >= 11 is 1.66. The van der Waals surface area contributed by atoms with Gasteiger partial charge in [-0.3, -0.25) is 0 Å². The Morgan fingerprint density at radius 2 is 2.03 bits per heavy atom. The highest BCUT2D eigenvalue weighted by Crippen LogP contribution is 2.40.